The van der Waals surface area contributed by atoms with Crippen molar-refractivity contribution in [2.45, 2.75) is 32.5 Å². The Morgan fingerprint density at radius 1 is 1.46 bits per heavy atom. The van der Waals surface area contributed by atoms with E-state index in [1.807, 2.05) is 26.8 Å². The quantitative estimate of drug-likeness (QED) is 0.835. The van der Waals surface area contributed by atoms with Crippen molar-refractivity contribution in [2.75, 3.05) is 26.8 Å². The molecule has 0 aliphatic rings. The molecule has 24 heavy (non-hydrogen) atoms. The van der Waals surface area contributed by atoms with Crippen molar-refractivity contribution >= 4 is 17.0 Å². The predicted molar refractivity (Wildman–Crippen MR) is 88.5 cm³/mol. The van der Waals surface area contributed by atoms with E-state index in [1.165, 1.54) is 4.90 Å². The molecule has 0 aromatic carbocycles. The van der Waals surface area contributed by atoms with Gasteiger partial charge in [-0.3, -0.25) is 10.1 Å². The van der Waals surface area contributed by atoms with Crippen LogP contribution in [0.2, 0.25) is 0 Å². The fourth-order valence-corrected chi connectivity index (χ4v) is 2.21. The van der Waals surface area contributed by atoms with Crippen LogP contribution in [-0.2, 0) is 9.47 Å². The minimum absolute atomic E-state index is 0.111. The maximum Gasteiger partial charge on any atom is 0.410 e. The Kier molecular flexibility index (Phi) is 5.74. The molecule has 0 spiro atoms. The molecule has 2 rings (SSSR count). The van der Waals surface area contributed by atoms with Gasteiger partial charge in [-0.1, -0.05) is 0 Å². The van der Waals surface area contributed by atoms with Crippen LogP contribution in [0.5, 0.6) is 0 Å². The summed E-state index contributed by atoms with van der Waals surface area (Å²) >= 11 is 0. The highest BCUT2D eigenvalue weighted by Crippen LogP contribution is 2.25. The van der Waals surface area contributed by atoms with Gasteiger partial charge in [-0.15, -0.1) is 0 Å². The van der Waals surface area contributed by atoms with Crippen LogP contribution in [0.4, 0.5) is 4.79 Å². The number of amides is 1. The smallest absolute Gasteiger partial charge is 0.410 e. The number of nitrogens with one attached hydrogen (secondary N) is 1. The van der Waals surface area contributed by atoms with Gasteiger partial charge in [0.25, 0.3) is 0 Å². The number of H-pyrrole nitrogens is 1. The van der Waals surface area contributed by atoms with Crippen LogP contribution in [0.1, 0.15) is 32.6 Å². The van der Waals surface area contributed by atoms with Gasteiger partial charge in [-0.25, -0.2) is 4.79 Å². The van der Waals surface area contributed by atoms with E-state index >= 15 is 0 Å². The Morgan fingerprint density at radius 2 is 2.21 bits per heavy atom. The number of aliphatic hydroxyl groups is 1. The van der Waals surface area contributed by atoms with Crippen molar-refractivity contribution in [3.05, 3.63) is 24.2 Å². The highest BCUT2D eigenvalue weighted by atomic mass is 16.6. The number of hydrogen-bond acceptors (Lipinski definition) is 6. The molecule has 8 nitrogen and oxygen atoms in total. The first-order valence-electron chi connectivity index (χ1n) is 7.76. The zero-order valence-corrected chi connectivity index (χ0v) is 14.4. The normalized spacial score (nSPS) is 13.0. The number of ether oxygens (including phenoxy) is 2. The van der Waals surface area contributed by atoms with Gasteiger partial charge < -0.3 is 19.5 Å². The fourth-order valence-electron chi connectivity index (χ4n) is 2.21. The molecule has 2 heterocycles. The van der Waals surface area contributed by atoms with E-state index in [2.05, 4.69) is 15.2 Å². The Morgan fingerprint density at radius 3 is 2.88 bits per heavy atom. The molecule has 1 unspecified atom stereocenters. The van der Waals surface area contributed by atoms with Crippen LogP contribution in [-0.4, -0.2) is 63.7 Å². The predicted octanol–water partition coefficient (Wildman–Crippen LogP) is 1.87. The third-order valence-corrected chi connectivity index (χ3v) is 3.26. The van der Waals surface area contributed by atoms with E-state index in [4.69, 9.17) is 14.6 Å². The maximum atomic E-state index is 12.2. The number of likely N-dealkylation sites (N-methyl/N-ethyl adjacent to an activating group) is 1. The first kappa shape index (κ1) is 18.2. The number of hydrogen-bond donors (Lipinski definition) is 2. The van der Waals surface area contributed by atoms with Gasteiger partial charge in [0.2, 0.25) is 0 Å². The number of carbonyl (C=O) groups is 1. The third-order valence-electron chi connectivity index (χ3n) is 3.26. The highest BCUT2D eigenvalue weighted by molar-refractivity contribution is 5.80. The molecule has 2 N–H and O–H groups in total. The second-order valence-corrected chi connectivity index (χ2v) is 6.47. The molecule has 1 atom stereocenters. The summed E-state index contributed by atoms with van der Waals surface area (Å²) in [6.07, 6.45) is 2.41. The summed E-state index contributed by atoms with van der Waals surface area (Å²) in [5.74, 6) is 0. The number of aromatic amines is 1. The van der Waals surface area contributed by atoms with Crippen molar-refractivity contribution in [3.63, 3.8) is 0 Å². The highest BCUT2D eigenvalue weighted by Gasteiger charge is 2.25. The molecule has 0 aliphatic heterocycles. The van der Waals surface area contributed by atoms with Crippen molar-refractivity contribution in [3.8, 4) is 0 Å². The van der Waals surface area contributed by atoms with Gasteiger partial charge >= 0.3 is 6.09 Å². The average molecular weight is 336 g/mol. The zero-order chi connectivity index (χ0) is 17.7. The lowest BCUT2D eigenvalue weighted by atomic mass is 10.1. The van der Waals surface area contributed by atoms with E-state index in [-0.39, 0.29) is 19.8 Å². The number of aromatic nitrogens is 3. The van der Waals surface area contributed by atoms with Gasteiger partial charge in [0.05, 0.1) is 31.6 Å². The van der Waals surface area contributed by atoms with Crippen LogP contribution in [0.15, 0.2) is 18.5 Å². The lowest BCUT2D eigenvalue weighted by molar-refractivity contribution is -0.00687. The van der Waals surface area contributed by atoms with E-state index in [0.29, 0.717) is 5.52 Å². The topological polar surface area (TPSA) is 101 Å². The molecule has 0 saturated carbocycles. The van der Waals surface area contributed by atoms with Crippen molar-refractivity contribution in [2.24, 2.45) is 0 Å². The second kappa shape index (κ2) is 7.59. The van der Waals surface area contributed by atoms with E-state index in [9.17, 15) is 4.79 Å². The Hall–Kier alpha value is -2.19. The van der Waals surface area contributed by atoms with Crippen LogP contribution >= 0.6 is 0 Å². The summed E-state index contributed by atoms with van der Waals surface area (Å²) in [5, 5.41) is 17.1. The number of carbonyl (C=O) groups excluding carboxylic acids is 1. The van der Waals surface area contributed by atoms with Crippen LogP contribution in [0.25, 0.3) is 10.9 Å². The van der Waals surface area contributed by atoms with E-state index in [1.54, 1.807) is 19.4 Å². The fraction of sp³-hybridized carbons (Fsp3) is 0.562. The first-order chi connectivity index (χ1) is 11.3. The van der Waals surface area contributed by atoms with Gasteiger partial charge in [-0.05, 0) is 26.8 Å². The van der Waals surface area contributed by atoms with Crippen molar-refractivity contribution < 1.29 is 19.4 Å². The monoisotopic (exact) mass is 336 g/mol. The zero-order valence-electron chi connectivity index (χ0n) is 14.4. The standard InChI is InChI=1S/C16H24N4O4/c1-16(2,3)24-15(22)20(4)10-13(23-8-7-21)14-11-5-6-17-9-12(11)18-19-14/h5-6,9,13,21H,7-8,10H2,1-4H3,(H,18,19). The molecule has 0 bridgehead atoms. The molecule has 0 saturated heterocycles. The summed E-state index contributed by atoms with van der Waals surface area (Å²) in [6.45, 7) is 5.74. The Bertz CT molecular complexity index is 680. The first-order valence-corrected chi connectivity index (χ1v) is 7.76. The molecular formula is C16H24N4O4. The summed E-state index contributed by atoms with van der Waals surface area (Å²) in [6, 6.07) is 1.83. The maximum absolute atomic E-state index is 12.2. The number of pyridine rings is 1. The Labute approximate surface area is 140 Å². The van der Waals surface area contributed by atoms with Gasteiger partial charge in [0, 0.05) is 18.6 Å². The minimum Gasteiger partial charge on any atom is -0.444 e. The van der Waals surface area contributed by atoms with Crippen LogP contribution < -0.4 is 0 Å². The molecule has 2 aromatic rings. The molecule has 8 heteroatoms. The van der Waals surface area contributed by atoms with Gasteiger partial charge in [0.15, 0.2) is 0 Å². The van der Waals surface area contributed by atoms with Crippen LogP contribution in [0.3, 0.4) is 0 Å². The summed E-state index contributed by atoms with van der Waals surface area (Å²) in [7, 11) is 1.64. The minimum atomic E-state index is -0.570. The number of fused-ring (bicyclic) bond motifs is 1. The SMILES string of the molecule is CN(CC(OCCO)c1[nH]nc2cnccc12)C(=O)OC(C)(C)C. The Balaban J connectivity index is 2.18. The van der Waals surface area contributed by atoms with E-state index in [0.717, 1.165) is 11.1 Å². The summed E-state index contributed by atoms with van der Waals surface area (Å²) < 4.78 is 11.1. The average Bonchev–Trinajstić information content (AvgIpc) is 2.93. The van der Waals surface area contributed by atoms with Gasteiger partial charge in [-0.2, -0.15) is 5.10 Å². The second-order valence-electron chi connectivity index (χ2n) is 6.47. The van der Waals surface area contributed by atoms with Crippen molar-refractivity contribution in [1.82, 2.24) is 20.1 Å². The lowest BCUT2D eigenvalue weighted by Gasteiger charge is -2.27. The van der Waals surface area contributed by atoms with E-state index < -0.39 is 17.8 Å². The molecule has 0 radical (unpaired) electrons. The molecule has 132 valence electrons. The largest absolute Gasteiger partial charge is 0.444 e. The molecule has 2 aromatic heterocycles. The van der Waals surface area contributed by atoms with Crippen LogP contribution in [0, 0.1) is 0 Å². The molecule has 1 amide bonds. The van der Waals surface area contributed by atoms with Crippen molar-refractivity contribution in [1.29, 1.82) is 0 Å². The molecule has 0 aliphatic carbocycles. The molecule has 0 fully saturated rings. The number of aliphatic hydroxyl groups excluding tert-OH is 1. The van der Waals surface area contributed by atoms with Gasteiger partial charge in [0.1, 0.15) is 17.2 Å². The summed E-state index contributed by atoms with van der Waals surface area (Å²) in [4.78, 5) is 17.6. The lowest BCUT2D eigenvalue weighted by Crippen LogP contribution is -2.37. The molecular weight excluding hydrogens is 312 g/mol. The summed E-state index contributed by atoms with van der Waals surface area (Å²) in [5.41, 5.74) is 0.875. The number of nitrogens with zero attached hydrogens (tertiary/aromatic N) is 3. The number of rotatable bonds is 6. The third kappa shape index (κ3) is 4.65.